The van der Waals surface area contributed by atoms with Crippen molar-refractivity contribution >= 4 is 45.7 Å². The summed E-state index contributed by atoms with van der Waals surface area (Å²) in [6.07, 6.45) is -0.122. The summed E-state index contributed by atoms with van der Waals surface area (Å²) in [6.45, 7) is 6.03. The summed E-state index contributed by atoms with van der Waals surface area (Å²) in [5, 5.41) is 12.1. The molecule has 1 N–H and O–H groups in total. The minimum absolute atomic E-state index is 0.260. The van der Waals surface area contributed by atoms with Crippen molar-refractivity contribution < 1.29 is 9.53 Å². The van der Waals surface area contributed by atoms with Crippen LogP contribution >= 0.6 is 34.7 Å². The highest BCUT2D eigenvalue weighted by molar-refractivity contribution is 8.01. The van der Waals surface area contributed by atoms with E-state index in [0.717, 1.165) is 4.34 Å². The standard InChI is InChI=1S/C15H18ClN3O2S2/c1-4-11(21-12-8-6-5-7-10(12)16)13(20)17-14-18-19-15(23-14)22-9(2)3/h5-9,11H,4H2,1-3H3,(H,17,18,20). The zero-order valence-electron chi connectivity index (χ0n) is 13.1. The topological polar surface area (TPSA) is 64.1 Å². The first kappa shape index (κ1) is 18.0. The van der Waals surface area contributed by atoms with Crippen LogP contribution in [0.25, 0.3) is 0 Å². The van der Waals surface area contributed by atoms with Crippen LogP contribution in [0.5, 0.6) is 5.75 Å². The summed E-state index contributed by atoms with van der Waals surface area (Å²) in [5.74, 6) is 0.231. The minimum Gasteiger partial charge on any atom is -0.479 e. The maximum Gasteiger partial charge on any atom is 0.267 e. The molecule has 0 aliphatic carbocycles. The molecule has 23 heavy (non-hydrogen) atoms. The van der Waals surface area contributed by atoms with E-state index >= 15 is 0 Å². The van der Waals surface area contributed by atoms with Crippen LogP contribution in [0, 0.1) is 0 Å². The molecule has 1 atom stereocenters. The Hall–Kier alpha value is -1.31. The van der Waals surface area contributed by atoms with E-state index in [4.69, 9.17) is 16.3 Å². The molecule has 2 aromatic rings. The normalized spacial score (nSPS) is 12.2. The third kappa shape index (κ3) is 5.37. The first-order chi connectivity index (χ1) is 11.0. The number of aromatic nitrogens is 2. The van der Waals surface area contributed by atoms with E-state index in [9.17, 15) is 4.79 Å². The van der Waals surface area contributed by atoms with Crippen molar-refractivity contribution in [2.24, 2.45) is 0 Å². The summed E-state index contributed by atoms with van der Waals surface area (Å²) >= 11 is 9.03. The number of hydrogen-bond acceptors (Lipinski definition) is 6. The molecule has 0 bridgehead atoms. The van der Waals surface area contributed by atoms with Crippen molar-refractivity contribution in [3.05, 3.63) is 29.3 Å². The van der Waals surface area contributed by atoms with Crippen LogP contribution in [0.3, 0.4) is 0 Å². The Bertz CT molecular complexity index is 664. The third-order valence-corrected chi connectivity index (χ3v) is 4.98. The van der Waals surface area contributed by atoms with Gasteiger partial charge in [-0.15, -0.1) is 10.2 Å². The number of nitrogens with one attached hydrogen (secondary N) is 1. The summed E-state index contributed by atoms with van der Waals surface area (Å²) in [4.78, 5) is 12.3. The molecule has 2 rings (SSSR count). The Kier molecular flexibility index (Phi) is 6.68. The van der Waals surface area contributed by atoms with E-state index in [1.165, 1.54) is 11.3 Å². The average molecular weight is 372 g/mol. The van der Waals surface area contributed by atoms with E-state index in [1.54, 1.807) is 23.9 Å². The second-order valence-electron chi connectivity index (χ2n) is 4.97. The van der Waals surface area contributed by atoms with E-state index in [2.05, 4.69) is 29.4 Å². The second kappa shape index (κ2) is 8.52. The summed E-state index contributed by atoms with van der Waals surface area (Å²) < 4.78 is 6.54. The lowest BCUT2D eigenvalue weighted by atomic mass is 10.2. The van der Waals surface area contributed by atoms with Crippen LogP contribution in [-0.2, 0) is 4.79 Å². The fourth-order valence-electron chi connectivity index (χ4n) is 1.71. The maximum absolute atomic E-state index is 12.3. The molecule has 0 aliphatic heterocycles. The Balaban J connectivity index is 2.00. The summed E-state index contributed by atoms with van der Waals surface area (Å²) in [5.41, 5.74) is 0. The van der Waals surface area contributed by atoms with Crippen LogP contribution in [0.1, 0.15) is 27.2 Å². The molecule has 8 heteroatoms. The molecule has 0 aliphatic rings. The average Bonchev–Trinajstić information content (AvgIpc) is 2.92. The second-order valence-corrected chi connectivity index (χ2v) is 8.18. The quantitative estimate of drug-likeness (QED) is 0.574. The molecule has 1 amide bonds. The number of halogens is 1. The van der Waals surface area contributed by atoms with Crippen LogP contribution in [0.4, 0.5) is 5.13 Å². The number of nitrogens with zero attached hydrogens (tertiary/aromatic N) is 2. The number of anilines is 1. The van der Waals surface area contributed by atoms with Gasteiger partial charge >= 0.3 is 0 Å². The SMILES string of the molecule is CCC(Oc1ccccc1Cl)C(=O)Nc1nnc(SC(C)C)s1. The van der Waals surface area contributed by atoms with Gasteiger partial charge in [0.2, 0.25) is 5.13 Å². The smallest absolute Gasteiger partial charge is 0.267 e. The predicted molar refractivity (Wildman–Crippen MR) is 95.7 cm³/mol. The lowest BCUT2D eigenvalue weighted by molar-refractivity contribution is -0.122. The highest BCUT2D eigenvalue weighted by Crippen LogP contribution is 2.29. The number of benzene rings is 1. The number of amides is 1. The molecule has 5 nitrogen and oxygen atoms in total. The number of carbonyl (C=O) groups is 1. The predicted octanol–water partition coefficient (Wildman–Crippen LogP) is 4.49. The number of ether oxygens (including phenoxy) is 1. The number of para-hydroxylation sites is 1. The van der Waals surface area contributed by atoms with Gasteiger partial charge in [0, 0.05) is 5.25 Å². The zero-order chi connectivity index (χ0) is 16.8. The molecular formula is C15H18ClN3O2S2. The molecule has 1 unspecified atom stereocenters. The van der Waals surface area contributed by atoms with Crippen molar-refractivity contribution in [2.75, 3.05) is 5.32 Å². The molecule has 0 spiro atoms. The van der Waals surface area contributed by atoms with Crippen LogP contribution in [0.2, 0.25) is 5.02 Å². The van der Waals surface area contributed by atoms with Gasteiger partial charge in [0.15, 0.2) is 10.4 Å². The van der Waals surface area contributed by atoms with Crippen molar-refractivity contribution in [3.63, 3.8) is 0 Å². The summed E-state index contributed by atoms with van der Waals surface area (Å²) in [7, 11) is 0. The molecular weight excluding hydrogens is 354 g/mol. The molecule has 1 aromatic heterocycles. The first-order valence-electron chi connectivity index (χ1n) is 7.21. The first-order valence-corrected chi connectivity index (χ1v) is 9.29. The van der Waals surface area contributed by atoms with Crippen LogP contribution in [0.15, 0.2) is 28.6 Å². The molecule has 1 heterocycles. The molecule has 0 saturated heterocycles. The van der Waals surface area contributed by atoms with Gasteiger partial charge in [-0.25, -0.2) is 0 Å². The van der Waals surface area contributed by atoms with Crippen molar-refractivity contribution in [1.82, 2.24) is 10.2 Å². The van der Waals surface area contributed by atoms with E-state index < -0.39 is 6.10 Å². The van der Waals surface area contributed by atoms with Gasteiger partial charge in [-0.3, -0.25) is 10.1 Å². The van der Waals surface area contributed by atoms with Gasteiger partial charge in [0.05, 0.1) is 5.02 Å². The van der Waals surface area contributed by atoms with E-state index in [0.29, 0.717) is 27.6 Å². The molecule has 0 saturated carbocycles. The Morgan fingerprint density at radius 1 is 1.39 bits per heavy atom. The Morgan fingerprint density at radius 3 is 2.78 bits per heavy atom. The van der Waals surface area contributed by atoms with Gasteiger partial charge in [-0.2, -0.15) is 0 Å². The highest BCUT2D eigenvalue weighted by atomic mass is 35.5. The Labute approximate surface area is 148 Å². The van der Waals surface area contributed by atoms with Crippen molar-refractivity contribution in [1.29, 1.82) is 0 Å². The fourth-order valence-corrected chi connectivity index (χ4v) is 3.87. The molecule has 1 aromatic carbocycles. The largest absolute Gasteiger partial charge is 0.479 e. The molecule has 0 radical (unpaired) electrons. The maximum atomic E-state index is 12.3. The van der Waals surface area contributed by atoms with Crippen LogP contribution < -0.4 is 10.1 Å². The molecule has 0 fully saturated rings. The molecule has 124 valence electrons. The number of carbonyl (C=O) groups excluding carboxylic acids is 1. The van der Waals surface area contributed by atoms with Crippen molar-refractivity contribution in [3.8, 4) is 5.75 Å². The van der Waals surface area contributed by atoms with E-state index in [1.807, 2.05) is 19.1 Å². The number of hydrogen-bond donors (Lipinski definition) is 1. The highest BCUT2D eigenvalue weighted by Gasteiger charge is 2.21. The summed E-state index contributed by atoms with van der Waals surface area (Å²) in [6, 6.07) is 7.08. The van der Waals surface area contributed by atoms with Crippen LogP contribution in [-0.4, -0.2) is 27.5 Å². The lowest BCUT2D eigenvalue weighted by Crippen LogP contribution is -2.32. The zero-order valence-corrected chi connectivity index (χ0v) is 15.5. The lowest BCUT2D eigenvalue weighted by Gasteiger charge is -2.17. The van der Waals surface area contributed by atoms with Gasteiger partial charge in [0.25, 0.3) is 5.91 Å². The van der Waals surface area contributed by atoms with Gasteiger partial charge in [0.1, 0.15) is 5.75 Å². The Morgan fingerprint density at radius 2 is 2.13 bits per heavy atom. The van der Waals surface area contributed by atoms with Gasteiger partial charge < -0.3 is 4.74 Å². The van der Waals surface area contributed by atoms with E-state index in [-0.39, 0.29) is 5.91 Å². The van der Waals surface area contributed by atoms with Crippen molar-refractivity contribution in [2.45, 2.75) is 42.9 Å². The fraction of sp³-hybridized carbons (Fsp3) is 0.400. The van der Waals surface area contributed by atoms with Gasteiger partial charge in [-0.05, 0) is 18.6 Å². The number of thioether (sulfide) groups is 1. The van der Waals surface area contributed by atoms with Gasteiger partial charge in [-0.1, -0.05) is 67.6 Å². The monoisotopic (exact) mass is 371 g/mol. The third-order valence-electron chi connectivity index (χ3n) is 2.74. The number of rotatable bonds is 7. The minimum atomic E-state index is -0.639.